The second kappa shape index (κ2) is 7.52. The van der Waals surface area contributed by atoms with Gasteiger partial charge in [-0.2, -0.15) is 0 Å². The van der Waals surface area contributed by atoms with Crippen LogP contribution in [0.3, 0.4) is 0 Å². The molecule has 0 radical (unpaired) electrons. The molecule has 2 aromatic heterocycles. The molecule has 3 aromatic rings. The molecule has 120 valence electrons. The van der Waals surface area contributed by atoms with Crippen LogP contribution in [0.1, 0.15) is 16.2 Å². The zero-order valence-electron chi connectivity index (χ0n) is 12.6. The highest BCUT2D eigenvalue weighted by Gasteiger charge is 2.09. The first kappa shape index (κ1) is 15.9. The number of halogens is 1. The third kappa shape index (κ3) is 4.27. The highest BCUT2D eigenvalue weighted by molar-refractivity contribution is 6.30. The van der Waals surface area contributed by atoms with Crippen molar-refractivity contribution in [2.45, 2.75) is 6.54 Å². The smallest absolute Gasteiger partial charge is 0.274 e. The number of pyridine rings is 1. The number of nitrogens with zero attached hydrogens (tertiary/aromatic N) is 3. The van der Waals surface area contributed by atoms with Crippen LogP contribution in [0.2, 0.25) is 5.02 Å². The SMILES string of the molecule is O=C(Nc1cccc(Cl)c1)c1cc(NCc2ccccn2)ncn1. The molecule has 1 amide bonds. The standard InChI is InChI=1S/C17H14ClN5O/c18-12-4-3-6-13(8-12)23-17(24)15-9-16(22-11-21-15)20-10-14-5-1-2-7-19-14/h1-9,11H,10H2,(H,23,24)(H,20,21,22). The van der Waals surface area contributed by atoms with E-state index in [2.05, 4.69) is 25.6 Å². The molecule has 2 N–H and O–H groups in total. The van der Waals surface area contributed by atoms with Gasteiger partial charge in [0.05, 0.1) is 12.2 Å². The molecule has 0 saturated heterocycles. The summed E-state index contributed by atoms with van der Waals surface area (Å²) in [5, 5.41) is 6.41. The van der Waals surface area contributed by atoms with Crippen molar-refractivity contribution >= 4 is 29.0 Å². The summed E-state index contributed by atoms with van der Waals surface area (Å²) in [6.07, 6.45) is 3.06. The Kier molecular flexibility index (Phi) is 4.98. The number of carbonyl (C=O) groups excluding carboxylic acids is 1. The van der Waals surface area contributed by atoms with E-state index in [1.165, 1.54) is 6.33 Å². The van der Waals surface area contributed by atoms with Crippen molar-refractivity contribution < 1.29 is 4.79 Å². The van der Waals surface area contributed by atoms with E-state index >= 15 is 0 Å². The van der Waals surface area contributed by atoms with Crippen LogP contribution in [-0.2, 0) is 6.54 Å². The lowest BCUT2D eigenvalue weighted by Crippen LogP contribution is -2.14. The van der Waals surface area contributed by atoms with Crippen LogP contribution < -0.4 is 10.6 Å². The molecule has 0 spiro atoms. The molecular weight excluding hydrogens is 326 g/mol. The van der Waals surface area contributed by atoms with Crippen molar-refractivity contribution in [3.05, 3.63) is 77.5 Å². The number of carbonyl (C=O) groups is 1. The number of amides is 1. The highest BCUT2D eigenvalue weighted by atomic mass is 35.5. The van der Waals surface area contributed by atoms with Crippen molar-refractivity contribution in [1.29, 1.82) is 0 Å². The van der Waals surface area contributed by atoms with Gasteiger partial charge >= 0.3 is 0 Å². The minimum atomic E-state index is -0.333. The Morgan fingerprint density at radius 2 is 1.96 bits per heavy atom. The number of benzene rings is 1. The van der Waals surface area contributed by atoms with Crippen LogP contribution >= 0.6 is 11.6 Å². The lowest BCUT2D eigenvalue weighted by atomic mass is 10.3. The average molecular weight is 340 g/mol. The van der Waals surface area contributed by atoms with E-state index in [9.17, 15) is 4.79 Å². The van der Waals surface area contributed by atoms with Gasteiger partial charge in [0.15, 0.2) is 0 Å². The average Bonchev–Trinajstić information content (AvgIpc) is 2.61. The summed E-state index contributed by atoms with van der Waals surface area (Å²) in [5.41, 5.74) is 1.74. The zero-order valence-corrected chi connectivity index (χ0v) is 13.4. The Hall–Kier alpha value is -2.99. The van der Waals surface area contributed by atoms with Crippen molar-refractivity contribution in [3.63, 3.8) is 0 Å². The fourth-order valence-corrected chi connectivity index (χ4v) is 2.21. The molecule has 0 aliphatic rings. The van der Waals surface area contributed by atoms with E-state index in [0.717, 1.165) is 5.69 Å². The fraction of sp³-hybridized carbons (Fsp3) is 0.0588. The lowest BCUT2D eigenvalue weighted by molar-refractivity contribution is 0.102. The molecule has 24 heavy (non-hydrogen) atoms. The first-order valence-corrected chi connectivity index (χ1v) is 7.61. The molecule has 0 aliphatic carbocycles. The monoisotopic (exact) mass is 339 g/mol. The molecular formula is C17H14ClN5O. The normalized spacial score (nSPS) is 10.2. The molecule has 1 aromatic carbocycles. The summed E-state index contributed by atoms with van der Waals surface area (Å²) in [7, 11) is 0. The molecule has 0 unspecified atom stereocenters. The van der Waals surface area contributed by atoms with Crippen molar-refractivity contribution in [3.8, 4) is 0 Å². The van der Waals surface area contributed by atoms with Gasteiger partial charge in [0.1, 0.15) is 17.8 Å². The quantitative estimate of drug-likeness (QED) is 0.744. The topological polar surface area (TPSA) is 79.8 Å². The Morgan fingerprint density at radius 3 is 2.75 bits per heavy atom. The molecule has 3 rings (SSSR count). The van der Waals surface area contributed by atoms with Gasteiger partial charge in [-0.3, -0.25) is 9.78 Å². The maximum Gasteiger partial charge on any atom is 0.274 e. The number of aromatic nitrogens is 3. The minimum absolute atomic E-state index is 0.258. The maximum absolute atomic E-state index is 12.3. The van der Waals surface area contributed by atoms with Crippen LogP contribution in [0.5, 0.6) is 0 Å². The van der Waals surface area contributed by atoms with Gasteiger partial charge in [-0.15, -0.1) is 0 Å². The predicted octanol–water partition coefficient (Wildman–Crippen LogP) is 3.39. The predicted molar refractivity (Wildman–Crippen MR) is 93.0 cm³/mol. The van der Waals surface area contributed by atoms with E-state index in [4.69, 9.17) is 11.6 Å². The summed E-state index contributed by atoms with van der Waals surface area (Å²) < 4.78 is 0. The van der Waals surface area contributed by atoms with E-state index in [1.807, 2.05) is 18.2 Å². The van der Waals surface area contributed by atoms with E-state index in [1.54, 1.807) is 36.5 Å². The lowest BCUT2D eigenvalue weighted by Gasteiger charge is -2.07. The van der Waals surface area contributed by atoms with Crippen LogP contribution in [-0.4, -0.2) is 20.9 Å². The molecule has 0 fully saturated rings. The summed E-state index contributed by atoms with van der Waals surface area (Å²) >= 11 is 5.91. The second-order valence-electron chi connectivity index (χ2n) is 4.93. The number of anilines is 2. The number of rotatable bonds is 5. The molecule has 0 saturated carbocycles. The van der Waals surface area contributed by atoms with E-state index in [0.29, 0.717) is 23.1 Å². The van der Waals surface area contributed by atoms with Crippen molar-refractivity contribution in [2.75, 3.05) is 10.6 Å². The Morgan fingerprint density at radius 1 is 1.04 bits per heavy atom. The maximum atomic E-state index is 12.3. The van der Waals surface area contributed by atoms with Gasteiger partial charge in [0.25, 0.3) is 5.91 Å². The third-order valence-corrected chi connectivity index (χ3v) is 3.39. The second-order valence-corrected chi connectivity index (χ2v) is 5.36. The fourth-order valence-electron chi connectivity index (χ4n) is 2.02. The summed E-state index contributed by atoms with van der Waals surface area (Å²) in [5.74, 6) is 0.215. The third-order valence-electron chi connectivity index (χ3n) is 3.16. The summed E-state index contributed by atoms with van der Waals surface area (Å²) in [6.45, 7) is 0.507. The van der Waals surface area contributed by atoms with Crippen molar-refractivity contribution in [1.82, 2.24) is 15.0 Å². The van der Waals surface area contributed by atoms with Crippen LogP contribution in [0.4, 0.5) is 11.5 Å². The van der Waals surface area contributed by atoms with Gasteiger partial charge in [-0.25, -0.2) is 9.97 Å². The van der Waals surface area contributed by atoms with E-state index in [-0.39, 0.29) is 11.6 Å². The van der Waals surface area contributed by atoms with Crippen LogP contribution in [0.15, 0.2) is 61.1 Å². The number of hydrogen-bond donors (Lipinski definition) is 2. The molecule has 0 atom stereocenters. The Balaban J connectivity index is 1.67. The van der Waals surface area contributed by atoms with Crippen molar-refractivity contribution in [2.24, 2.45) is 0 Å². The number of nitrogens with one attached hydrogen (secondary N) is 2. The Bertz CT molecular complexity index is 841. The molecule has 0 aliphatic heterocycles. The van der Waals surface area contributed by atoms with E-state index < -0.39 is 0 Å². The van der Waals surface area contributed by atoms with Gasteiger partial charge in [0, 0.05) is 23.0 Å². The molecule has 7 heteroatoms. The molecule has 6 nitrogen and oxygen atoms in total. The van der Waals surface area contributed by atoms with Crippen LogP contribution in [0, 0.1) is 0 Å². The van der Waals surface area contributed by atoms with Gasteiger partial charge in [-0.05, 0) is 30.3 Å². The van der Waals surface area contributed by atoms with Gasteiger partial charge in [0.2, 0.25) is 0 Å². The highest BCUT2D eigenvalue weighted by Crippen LogP contribution is 2.16. The minimum Gasteiger partial charge on any atom is -0.364 e. The summed E-state index contributed by atoms with van der Waals surface area (Å²) in [6, 6.07) is 14.2. The first-order valence-electron chi connectivity index (χ1n) is 7.23. The van der Waals surface area contributed by atoms with Crippen LogP contribution in [0.25, 0.3) is 0 Å². The molecule has 0 bridgehead atoms. The van der Waals surface area contributed by atoms with Gasteiger partial charge < -0.3 is 10.6 Å². The Labute approximate surface area is 143 Å². The molecule has 2 heterocycles. The van der Waals surface area contributed by atoms with Gasteiger partial charge in [-0.1, -0.05) is 23.7 Å². The number of hydrogen-bond acceptors (Lipinski definition) is 5. The summed E-state index contributed by atoms with van der Waals surface area (Å²) in [4.78, 5) is 24.6. The largest absolute Gasteiger partial charge is 0.364 e. The first-order chi connectivity index (χ1) is 11.7. The zero-order chi connectivity index (χ0) is 16.8.